The fourth-order valence-electron chi connectivity index (χ4n) is 3.65. The van der Waals surface area contributed by atoms with Gasteiger partial charge in [0.05, 0.1) is 18.1 Å². The molecule has 31 heavy (non-hydrogen) atoms. The van der Waals surface area contributed by atoms with Crippen molar-refractivity contribution in [3.63, 3.8) is 0 Å². The molecule has 2 aromatic rings. The summed E-state index contributed by atoms with van der Waals surface area (Å²) in [7, 11) is 1.60. The van der Waals surface area contributed by atoms with Gasteiger partial charge >= 0.3 is 0 Å². The Labute approximate surface area is 191 Å². The van der Waals surface area contributed by atoms with E-state index in [9.17, 15) is 4.79 Å². The second-order valence-electron chi connectivity index (χ2n) is 7.62. The van der Waals surface area contributed by atoms with Gasteiger partial charge in [-0.1, -0.05) is 49.1 Å². The zero-order valence-corrected chi connectivity index (χ0v) is 19.0. The van der Waals surface area contributed by atoms with Gasteiger partial charge in [0.25, 0.3) is 5.91 Å². The minimum Gasteiger partial charge on any atom is -0.493 e. The number of amidine groups is 1. The number of amides is 1. The molecule has 1 saturated carbocycles. The molecule has 2 aliphatic rings. The van der Waals surface area contributed by atoms with E-state index in [1.165, 1.54) is 31.0 Å². The minimum absolute atomic E-state index is 0.110. The number of ether oxygens (including phenoxy) is 2. The van der Waals surface area contributed by atoms with Crippen LogP contribution < -0.4 is 14.8 Å². The number of carbonyl (C=O) groups is 1. The third kappa shape index (κ3) is 5.83. The number of hydrogen-bond donors (Lipinski definition) is 1. The van der Waals surface area contributed by atoms with Crippen LogP contribution in [0.1, 0.15) is 43.2 Å². The van der Waals surface area contributed by atoms with Crippen LogP contribution in [0.15, 0.2) is 52.4 Å². The third-order valence-electron chi connectivity index (χ3n) is 5.32. The second-order valence-corrected chi connectivity index (χ2v) is 9.08. The van der Waals surface area contributed by atoms with E-state index < -0.39 is 0 Å². The monoisotopic (exact) mass is 456 g/mol. The lowest BCUT2D eigenvalue weighted by atomic mass is 9.96. The highest BCUT2D eigenvalue weighted by Crippen LogP contribution is 2.33. The molecule has 1 N–H and O–H groups in total. The van der Waals surface area contributed by atoms with E-state index in [-0.39, 0.29) is 5.91 Å². The molecule has 162 valence electrons. The summed E-state index contributed by atoms with van der Waals surface area (Å²) in [4.78, 5) is 17.8. The van der Waals surface area contributed by atoms with Crippen molar-refractivity contribution in [1.82, 2.24) is 5.32 Å². The molecule has 1 heterocycles. The van der Waals surface area contributed by atoms with Gasteiger partial charge in [0.15, 0.2) is 16.7 Å². The Balaban J connectivity index is 1.44. The molecule has 1 amide bonds. The van der Waals surface area contributed by atoms with Gasteiger partial charge in [0.2, 0.25) is 0 Å². The summed E-state index contributed by atoms with van der Waals surface area (Å²) < 4.78 is 11.4. The van der Waals surface area contributed by atoms with Crippen LogP contribution in [0.3, 0.4) is 0 Å². The number of nitrogens with zero attached hydrogens (tertiary/aromatic N) is 1. The predicted octanol–water partition coefficient (Wildman–Crippen LogP) is 5.82. The van der Waals surface area contributed by atoms with Gasteiger partial charge in [-0.25, -0.2) is 0 Å². The van der Waals surface area contributed by atoms with Crippen LogP contribution in [-0.2, 0) is 11.4 Å². The molecule has 0 unspecified atom stereocenters. The van der Waals surface area contributed by atoms with Gasteiger partial charge < -0.3 is 14.8 Å². The van der Waals surface area contributed by atoms with Crippen LogP contribution in [0.25, 0.3) is 6.08 Å². The zero-order valence-electron chi connectivity index (χ0n) is 17.4. The molecular formula is C24H25ClN2O3S. The molecule has 1 aliphatic carbocycles. The molecule has 0 atom stereocenters. The van der Waals surface area contributed by atoms with Crippen molar-refractivity contribution in [3.05, 3.63) is 63.5 Å². The lowest BCUT2D eigenvalue weighted by molar-refractivity contribution is -0.115. The van der Waals surface area contributed by atoms with E-state index in [0.29, 0.717) is 39.2 Å². The number of benzene rings is 2. The van der Waals surface area contributed by atoms with Gasteiger partial charge in [-0.15, -0.1) is 0 Å². The number of halogens is 1. The first-order valence-electron chi connectivity index (χ1n) is 10.4. The lowest BCUT2D eigenvalue weighted by Gasteiger charge is -2.17. The van der Waals surface area contributed by atoms with Crippen LogP contribution in [-0.4, -0.2) is 24.2 Å². The Kier molecular flexibility index (Phi) is 7.20. The molecule has 5 nitrogen and oxygen atoms in total. The molecule has 1 saturated heterocycles. The number of nitrogens with one attached hydrogen (secondary N) is 1. The Bertz CT molecular complexity index is 998. The van der Waals surface area contributed by atoms with Gasteiger partial charge in [-0.05, 0) is 66.1 Å². The highest BCUT2D eigenvalue weighted by molar-refractivity contribution is 8.18. The summed E-state index contributed by atoms with van der Waals surface area (Å²) in [5.41, 5.74) is 1.88. The van der Waals surface area contributed by atoms with Crippen LogP contribution in [0.2, 0.25) is 5.02 Å². The van der Waals surface area contributed by atoms with E-state index >= 15 is 0 Å². The lowest BCUT2D eigenvalue weighted by Crippen LogP contribution is -2.22. The smallest absolute Gasteiger partial charge is 0.264 e. The number of thioether (sulfide) groups is 1. The predicted molar refractivity (Wildman–Crippen MR) is 127 cm³/mol. The number of rotatable bonds is 6. The fourth-order valence-corrected chi connectivity index (χ4v) is 4.67. The molecule has 0 aromatic heterocycles. The summed E-state index contributed by atoms with van der Waals surface area (Å²) in [5, 5.41) is 4.29. The van der Waals surface area contributed by atoms with Crippen molar-refractivity contribution in [2.24, 2.45) is 4.99 Å². The first-order chi connectivity index (χ1) is 15.1. The first kappa shape index (κ1) is 21.8. The second kappa shape index (κ2) is 10.2. The molecule has 2 fully saturated rings. The minimum atomic E-state index is -0.110. The molecule has 7 heteroatoms. The number of hydrogen-bond acceptors (Lipinski definition) is 5. The topological polar surface area (TPSA) is 59.9 Å². The fraction of sp³-hybridized carbons (Fsp3) is 0.333. The highest BCUT2D eigenvalue weighted by Gasteiger charge is 2.25. The summed E-state index contributed by atoms with van der Waals surface area (Å²) >= 11 is 7.33. The molecule has 2 aromatic carbocycles. The summed E-state index contributed by atoms with van der Waals surface area (Å²) in [6.07, 6.45) is 7.79. The van der Waals surface area contributed by atoms with Gasteiger partial charge in [0.1, 0.15) is 6.61 Å². The van der Waals surface area contributed by atoms with Crippen molar-refractivity contribution >= 4 is 40.5 Å². The Morgan fingerprint density at radius 2 is 1.90 bits per heavy atom. The van der Waals surface area contributed by atoms with Crippen LogP contribution in [0.4, 0.5) is 0 Å². The van der Waals surface area contributed by atoms with Crippen molar-refractivity contribution < 1.29 is 14.3 Å². The average Bonchev–Trinajstić information content (AvgIpc) is 3.13. The molecule has 0 spiro atoms. The van der Waals surface area contributed by atoms with Gasteiger partial charge in [0, 0.05) is 5.02 Å². The van der Waals surface area contributed by atoms with Crippen LogP contribution in [0.5, 0.6) is 11.5 Å². The van der Waals surface area contributed by atoms with Crippen molar-refractivity contribution in [2.75, 3.05) is 7.11 Å². The van der Waals surface area contributed by atoms with E-state index in [0.717, 1.165) is 24.0 Å². The first-order valence-corrected chi connectivity index (χ1v) is 11.6. The SMILES string of the molecule is COc1cc(/C=C2/SC(=NC3CCCCC3)NC2=O)ccc1OCc1ccc(Cl)cc1. The van der Waals surface area contributed by atoms with Crippen molar-refractivity contribution in [1.29, 1.82) is 0 Å². The Morgan fingerprint density at radius 1 is 1.13 bits per heavy atom. The maximum absolute atomic E-state index is 12.4. The van der Waals surface area contributed by atoms with Crippen molar-refractivity contribution in [2.45, 2.75) is 44.8 Å². The summed E-state index contributed by atoms with van der Waals surface area (Å²) in [6.45, 7) is 0.410. The van der Waals surface area contributed by atoms with E-state index in [1.807, 2.05) is 48.5 Å². The van der Waals surface area contributed by atoms with E-state index in [4.69, 9.17) is 26.1 Å². The summed E-state index contributed by atoms with van der Waals surface area (Å²) in [6, 6.07) is 13.5. The van der Waals surface area contributed by atoms with Crippen molar-refractivity contribution in [3.8, 4) is 11.5 Å². The molecule has 0 radical (unpaired) electrons. The Hall–Kier alpha value is -2.44. The molecule has 0 bridgehead atoms. The highest BCUT2D eigenvalue weighted by atomic mass is 35.5. The van der Waals surface area contributed by atoms with Crippen LogP contribution >= 0.6 is 23.4 Å². The van der Waals surface area contributed by atoms with Crippen LogP contribution in [0, 0.1) is 0 Å². The zero-order chi connectivity index (χ0) is 21.6. The number of aliphatic imine (C=N–C) groups is 1. The quantitative estimate of drug-likeness (QED) is 0.556. The van der Waals surface area contributed by atoms with E-state index in [1.54, 1.807) is 7.11 Å². The number of methoxy groups -OCH3 is 1. The third-order valence-corrected chi connectivity index (χ3v) is 6.49. The molecule has 1 aliphatic heterocycles. The maximum Gasteiger partial charge on any atom is 0.264 e. The Morgan fingerprint density at radius 3 is 2.65 bits per heavy atom. The standard InChI is InChI=1S/C24H25ClN2O3S/c1-29-21-13-17(9-12-20(21)30-15-16-7-10-18(25)11-8-16)14-22-23(28)27-24(31-22)26-19-5-3-2-4-6-19/h7-14,19H,2-6,15H2,1H3,(H,26,27,28)/b22-14+. The number of carbonyl (C=O) groups excluding carboxylic acids is 1. The average molecular weight is 457 g/mol. The van der Waals surface area contributed by atoms with Gasteiger partial charge in [-0.2, -0.15) is 0 Å². The normalized spacial score (nSPS) is 19.6. The van der Waals surface area contributed by atoms with E-state index in [2.05, 4.69) is 5.32 Å². The molecular weight excluding hydrogens is 432 g/mol. The van der Waals surface area contributed by atoms with Gasteiger partial charge in [-0.3, -0.25) is 9.79 Å². The molecule has 4 rings (SSSR count). The maximum atomic E-state index is 12.4. The largest absolute Gasteiger partial charge is 0.493 e. The summed E-state index contributed by atoms with van der Waals surface area (Å²) in [5.74, 6) is 1.15.